The van der Waals surface area contributed by atoms with Crippen LogP contribution in [-0.4, -0.2) is 65.5 Å². The summed E-state index contributed by atoms with van der Waals surface area (Å²) in [6, 6.07) is 3.98. The van der Waals surface area contributed by atoms with Gasteiger partial charge in [-0.25, -0.2) is 4.98 Å². The number of carbonyl (C=O) groups is 2. The van der Waals surface area contributed by atoms with Gasteiger partial charge in [-0.15, -0.1) is 0 Å². The second kappa shape index (κ2) is 10.1. The van der Waals surface area contributed by atoms with E-state index in [0.717, 1.165) is 12.1 Å². The highest BCUT2D eigenvalue weighted by Gasteiger charge is 2.37. The van der Waals surface area contributed by atoms with Crippen LogP contribution in [-0.2, 0) is 15.8 Å². The Bertz CT molecular complexity index is 1170. The van der Waals surface area contributed by atoms with Gasteiger partial charge >= 0.3 is 6.18 Å². The average molecular weight is 521 g/mol. The molecule has 2 aromatic rings. The highest BCUT2D eigenvalue weighted by molar-refractivity contribution is 6.03. The lowest BCUT2D eigenvalue weighted by Crippen LogP contribution is -2.52. The molecule has 0 bridgehead atoms. The highest BCUT2D eigenvalue weighted by atomic mass is 19.4. The Hall–Kier alpha value is -3.57. The van der Waals surface area contributed by atoms with E-state index in [-0.39, 0.29) is 48.2 Å². The number of likely N-dealkylation sites (N-methyl/N-ethyl adjacent to an activating group) is 2. The lowest BCUT2D eigenvalue weighted by atomic mass is 9.85. The van der Waals surface area contributed by atoms with E-state index < -0.39 is 11.7 Å². The highest BCUT2D eigenvalue weighted by Crippen LogP contribution is 2.35. The number of nitrogens with zero attached hydrogens (tertiary/aromatic N) is 4. The first kappa shape index (κ1) is 26.5. The fraction of sp³-hybridized carbons (Fsp3) is 0.520. The van der Waals surface area contributed by atoms with Gasteiger partial charge in [-0.2, -0.15) is 18.2 Å². The van der Waals surface area contributed by atoms with Crippen LogP contribution in [0.15, 0.2) is 24.3 Å². The molecule has 1 saturated carbocycles. The molecular formula is C25H31F3N6O3. The minimum atomic E-state index is -4.42. The van der Waals surface area contributed by atoms with Gasteiger partial charge in [-0.05, 0) is 49.9 Å². The van der Waals surface area contributed by atoms with E-state index in [1.54, 1.807) is 11.9 Å². The van der Waals surface area contributed by atoms with Crippen LogP contribution in [0, 0.1) is 12.8 Å². The molecule has 2 heterocycles. The minimum absolute atomic E-state index is 0.00721. The molecule has 1 aliphatic carbocycles. The fourth-order valence-corrected chi connectivity index (χ4v) is 4.67. The molecule has 12 heteroatoms. The first-order valence-corrected chi connectivity index (χ1v) is 12.1. The number of amides is 2. The Morgan fingerprint density at radius 1 is 1.24 bits per heavy atom. The molecule has 200 valence electrons. The van der Waals surface area contributed by atoms with Crippen molar-refractivity contribution < 1.29 is 27.5 Å². The van der Waals surface area contributed by atoms with Crippen molar-refractivity contribution in [3.8, 4) is 5.75 Å². The van der Waals surface area contributed by atoms with Gasteiger partial charge in [0.05, 0.1) is 11.3 Å². The number of carbonyl (C=O) groups excluding carboxylic acids is 2. The van der Waals surface area contributed by atoms with Gasteiger partial charge < -0.3 is 25.2 Å². The third kappa shape index (κ3) is 5.57. The van der Waals surface area contributed by atoms with Crippen molar-refractivity contribution in [2.45, 2.75) is 57.9 Å². The van der Waals surface area contributed by atoms with Gasteiger partial charge in [0.1, 0.15) is 17.5 Å². The van der Waals surface area contributed by atoms with E-state index in [1.807, 2.05) is 32.7 Å². The average Bonchev–Trinajstić information content (AvgIpc) is 2.79. The van der Waals surface area contributed by atoms with Gasteiger partial charge in [-0.3, -0.25) is 9.59 Å². The van der Waals surface area contributed by atoms with E-state index >= 15 is 0 Å². The largest absolute Gasteiger partial charge is 0.484 e. The van der Waals surface area contributed by atoms with Crippen molar-refractivity contribution >= 4 is 29.3 Å². The second-order valence-corrected chi connectivity index (χ2v) is 9.90. The molecule has 1 fully saturated rings. The first-order chi connectivity index (χ1) is 17.3. The maximum absolute atomic E-state index is 12.7. The summed E-state index contributed by atoms with van der Waals surface area (Å²) in [5.41, 5.74) is 0.504. The molecule has 1 aromatic carbocycles. The van der Waals surface area contributed by atoms with Crippen molar-refractivity contribution in [1.29, 1.82) is 0 Å². The number of benzene rings is 1. The summed E-state index contributed by atoms with van der Waals surface area (Å²) in [4.78, 5) is 37.7. The van der Waals surface area contributed by atoms with Crippen LogP contribution in [0.5, 0.6) is 5.75 Å². The maximum atomic E-state index is 12.7. The summed E-state index contributed by atoms with van der Waals surface area (Å²) in [5, 5.41) is 6.25. The Morgan fingerprint density at radius 2 is 1.89 bits per heavy atom. The zero-order chi connectivity index (χ0) is 27.1. The number of ether oxygens (including phenoxy) is 1. The topological polar surface area (TPSA) is 99.7 Å². The number of nitrogens with one attached hydrogen (secondary N) is 2. The molecule has 2 aliphatic rings. The third-order valence-corrected chi connectivity index (χ3v) is 6.90. The summed E-state index contributed by atoms with van der Waals surface area (Å²) in [7, 11) is 3.54. The molecule has 4 rings (SSSR count). The van der Waals surface area contributed by atoms with E-state index in [2.05, 4.69) is 20.6 Å². The molecule has 1 aromatic heterocycles. The van der Waals surface area contributed by atoms with Crippen molar-refractivity contribution in [3.05, 3.63) is 35.5 Å². The van der Waals surface area contributed by atoms with Crippen LogP contribution >= 0.6 is 0 Å². The molecule has 0 radical (unpaired) electrons. The number of hydrogen-bond acceptors (Lipinski definition) is 7. The fourth-order valence-electron chi connectivity index (χ4n) is 4.67. The number of hydrogen-bond donors (Lipinski definition) is 2. The molecule has 2 N–H and O–H groups in total. The van der Waals surface area contributed by atoms with Gasteiger partial charge in [-0.1, -0.05) is 13.8 Å². The van der Waals surface area contributed by atoms with Crippen LogP contribution in [0.1, 0.15) is 37.9 Å². The Kier molecular flexibility index (Phi) is 7.20. The third-order valence-electron chi connectivity index (χ3n) is 6.90. The van der Waals surface area contributed by atoms with Crippen LogP contribution in [0.2, 0.25) is 0 Å². The zero-order valence-electron chi connectivity index (χ0n) is 21.4. The Labute approximate surface area is 213 Å². The van der Waals surface area contributed by atoms with Crippen molar-refractivity contribution in [2.24, 2.45) is 5.92 Å². The van der Waals surface area contributed by atoms with Crippen molar-refractivity contribution in [3.63, 3.8) is 0 Å². The number of aryl methyl sites for hydroxylation is 1. The zero-order valence-corrected chi connectivity index (χ0v) is 21.4. The number of anilines is 3. The summed E-state index contributed by atoms with van der Waals surface area (Å²) in [5.74, 6) is 1.09. The van der Waals surface area contributed by atoms with Gasteiger partial charge in [0.25, 0.3) is 5.91 Å². The van der Waals surface area contributed by atoms with Crippen LogP contribution in [0.25, 0.3) is 0 Å². The molecule has 0 spiro atoms. The lowest BCUT2D eigenvalue weighted by molar-refractivity contribution is -0.138. The van der Waals surface area contributed by atoms with Crippen LogP contribution in [0.3, 0.4) is 0 Å². The smallest absolute Gasteiger partial charge is 0.416 e. The van der Waals surface area contributed by atoms with E-state index in [1.165, 1.54) is 12.1 Å². The number of alkyl halides is 3. The Balaban J connectivity index is 1.30. The molecule has 1 atom stereocenters. The summed E-state index contributed by atoms with van der Waals surface area (Å²) >= 11 is 0. The molecule has 9 nitrogen and oxygen atoms in total. The summed E-state index contributed by atoms with van der Waals surface area (Å²) < 4.78 is 43.4. The van der Waals surface area contributed by atoms with E-state index in [4.69, 9.17) is 4.74 Å². The molecule has 1 unspecified atom stereocenters. The normalized spacial score (nSPS) is 21.2. The molecular weight excluding hydrogens is 489 g/mol. The van der Waals surface area contributed by atoms with Gasteiger partial charge in [0.15, 0.2) is 12.4 Å². The predicted octanol–water partition coefficient (Wildman–Crippen LogP) is 3.70. The van der Waals surface area contributed by atoms with E-state index in [9.17, 15) is 22.8 Å². The van der Waals surface area contributed by atoms with Gasteiger partial charge in [0.2, 0.25) is 11.9 Å². The summed E-state index contributed by atoms with van der Waals surface area (Å²) in [6.07, 6.45) is -3.05. The predicted molar refractivity (Wildman–Crippen MR) is 133 cm³/mol. The van der Waals surface area contributed by atoms with E-state index in [0.29, 0.717) is 36.0 Å². The molecule has 1 aliphatic heterocycles. The number of halogens is 3. The van der Waals surface area contributed by atoms with Crippen LogP contribution in [0.4, 0.5) is 30.6 Å². The second-order valence-electron chi connectivity index (χ2n) is 9.90. The standard InChI is InChI=1S/C25H31F3N6O3/c1-13(2)21-23(36)31-20-14(3)29-24(32-22(20)34(21)5)30-16-10-17(11-16)33(4)19(35)12-37-18-8-6-15(7-9-18)25(26,27)28/h6-9,13,16-17,21H,10-12H2,1-5H3,(H,31,36)(H,29,30,32). The minimum Gasteiger partial charge on any atom is -0.484 e. The molecule has 2 amide bonds. The van der Waals surface area contributed by atoms with Crippen molar-refractivity contribution in [2.75, 3.05) is 36.2 Å². The monoisotopic (exact) mass is 520 g/mol. The number of rotatable bonds is 7. The first-order valence-electron chi connectivity index (χ1n) is 12.1. The lowest BCUT2D eigenvalue weighted by Gasteiger charge is -2.41. The van der Waals surface area contributed by atoms with Crippen molar-refractivity contribution in [1.82, 2.24) is 14.9 Å². The molecule has 37 heavy (non-hydrogen) atoms. The van der Waals surface area contributed by atoms with Gasteiger partial charge in [0, 0.05) is 26.2 Å². The number of aromatic nitrogens is 2. The SMILES string of the molecule is Cc1nc(NC2CC(N(C)C(=O)COc3ccc(C(F)(F)F)cc3)C2)nc2c1NC(=O)C(C(C)C)N2C. The number of fused-ring (bicyclic) bond motifs is 1. The maximum Gasteiger partial charge on any atom is 0.416 e. The van der Waals surface area contributed by atoms with Crippen LogP contribution < -0.4 is 20.3 Å². The summed E-state index contributed by atoms with van der Waals surface area (Å²) in [6.45, 7) is 5.53. The molecule has 0 saturated heterocycles. The quantitative estimate of drug-likeness (QED) is 0.574. The Morgan fingerprint density at radius 3 is 2.49 bits per heavy atom.